The Bertz CT molecular complexity index is 598. The molecule has 0 bridgehead atoms. The Hall–Kier alpha value is -1.41. The minimum absolute atomic E-state index is 0.103. The molecule has 2 aliphatic heterocycles. The highest BCUT2D eigenvalue weighted by Gasteiger charge is 2.45. The Labute approximate surface area is 118 Å². The summed E-state index contributed by atoms with van der Waals surface area (Å²) in [5.74, 6) is 0.0257. The Balaban J connectivity index is 1.75. The van der Waals surface area contributed by atoms with Crippen LogP contribution in [-0.2, 0) is 10.0 Å². The van der Waals surface area contributed by atoms with Crippen LogP contribution < -0.4 is 0 Å². The molecule has 1 amide bonds. The normalized spacial score (nSPS) is 29.9. The van der Waals surface area contributed by atoms with Gasteiger partial charge in [-0.3, -0.25) is 9.89 Å². The maximum atomic E-state index is 12.3. The molecule has 2 atom stereocenters. The summed E-state index contributed by atoms with van der Waals surface area (Å²) in [6, 6.07) is 1.64. The summed E-state index contributed by atoms with van der Waals surface area (Å²) in [4.78, 5) is 14.0. The third-order valence-electron chi connectivity index (χ3n) is 4.31. The third kappa shape index (κ3) is 2.12. The number of fused-ring (bicyclic) bond motifs is 1. The second kappa shape index (κ2) is 4.85. The van der Waals surface area contributed by atoms with Crippen molar-refractivity contribution in [1.29, 1.82) is 0 Å². The molecule has 0 radical (unpaired) electrons. The molecule has 20 heavy (non-hydrogen) atoms. The van der Waals surface area contributed by atoms with Crippen molar-refractivity contribution in [2.45, 2.75) is 18.1 Å². The minimum Gasteiger partial charge on any atom is -0.337 e. The number of H-pyrrole nitrogens is 1. The lowest BCUT2D eigenvalue weighted by Crippen LogP contribution is -2.34. The van der Waals surface area contributed by atoms with Crippen LogP contribution in [0.15, 0.2) is 12.3 Å². The molecule has 1 N–H and O–H groups in total. The molecule has 7 nitrogen and oxygen atoms in total. The van der Waals surface area contributed by atoms with E-state index in [1.807, 2.05) is 0 Å². The largest absolute Gasteiger partial charge is 0.337 e. The van der Waals surface area contributed by atoms with E-state index in [2.05, 4.69) is 10.2 Å². The molecule has 2 saturated heterocycles. The Morgan fingerprint density at radius 3 is 2.85 bits per heavy atom. The number of aromatic amines is 1. The molecule has 0 saturated carbocycles. The predicted molar refractivity (Wildman–Crippen MR) is 72.6 cm³/mol. The highest BCUT2D eigenvalue weighted by atomic mass is 32.2. The second-order valence-electron chi connectivity index (χ2n) is 5.46. The minimum atomic E-state index is -3.18. The average molecular weight is 298 g/mol. The number of likely N-dealkylation sites (tertiary alicyclic amines) is 1. The Kier molecular flexibility index (Phi) is 3.29. The molecule has 2 fully saturated rings. The van der Waals surface area contributed by atoms with Crippen LogP contribution in [0.2, 0.25) is 0 Å². The van der Waals surface area contributed by atoms with Gasteiger partial charge in [-0.15, -0.1) is 0 Å². The molecule has 2 aliphatic rings. The zero-order chi connectivity index (χ0) is 14.3. The summed E-state index contributed by atoms with van der Waals surface area (Å²) < 4.78 is 25.8. The molecule has 3 rings (SSSR count). The van der Waals surface area contributed by atoms with Gasteiger partial charge >= 0.3 is 0 Å². The molecule has 3 heterocycles. The maximum Gasteiger partial charge on any atom is 0.271 e. The van der Waals surface area contributed by atoms with Crippen molar-refractivity contribution in [3.8, 4) is 0 Å². The van der Waals surface area contributed by atoms with Crippen LogP contribution in [0.3, 0.4) is 0 Å². The summed E-state index contributed by atoms with van der Waals surface area (Å²) >= 11 is 0. The van der Waals surface area contributed by atoms with Gasteiger partial charge in [-0.1, -0.05) is 0 Å². The fourth-order valence-electron chi connectivity index (χ4n) is 3.15. The van der Waals surface area contributed by atoms with E-state index in [1.165, 1.54) is 4.31 Å². The number of nitrogens with zero attached hydrogens (tertiary/aromatic N) is 3. The van der Waals surface area contributed by atoms with Gasteiger partial charge in [0.25, 0.3) is 5.91 Å². The molecule has 110 valence electrons. The van der Waals surface area contributed by atoms with E-state index >= 15 is 0 Å². The van der Waals surface area contributed by atoms with Gasteiger partial charge in [0.05, 0.1) is 5.25 Å². The van der Waals surface area contributed by atoms with Crippen LogP contribution in [0, 0.1) is 5.92 Å². The lowest BCUT2D eigenvalue weighted by Gasteiger charge is -2.20. The molecular formula is C12H18N4O3S. The van der Waals surface area contributed by atoms with Crippen LogP contribution >= 0.6 is 0 Å². The first-order valence-corrected chi connectivity index (χ1v) is 8.24. The van der Waals surface area contributed by atoms with Gasteiger partial charge in [-0.2, -0.15) is 5.10 Å². The van der Waals surface area contributed by atoms with Gasteiger partial charge < -0.3 is 4.90 Å². The number of rotatable bonds is 1. The number of hydrogen-bond acceptors (Lipinski definition) is 4. The van der Waals surface area contributed by atoms with E-state index in [0.717, 1.165) is 6.42 Å². The van der Waals surface area contributed by atoms with E-state index in [-0.39, 0.29) is 17.1 Å². The van der Waals surface area contributed by atoms with Crippen molar-refractivity contribution < 1.29 is 13.2 Å². The quantitative estimate of drug-likeness (QED) is 0.785. The summed E-state index contributed by atoms with van der Waals surface area (Å²) in [6.45, 7) is 1.65. The highest BCUT2D eigenvalue weighted by molar-refractivity contribution is 7.90. The second-order valence-corrected chi connectivity index (χ2v) is 7.72. The van der Waals surface area contributed by atoms with E-state index in [4.69, 9.17) is 0 Å². The molecular weight excluding hydrogens is 280 g/mol. The van der Waals surface area contributed by atoms with Gasteiger partial charge in [0, 0.05) is 32.9 Å². The zero-order valence-corrected chi connectivity index (χ0v) is 12.1. The smallest absolute Gasteiger partial charge is 0.271 e. The SMILES string of the molecule is CN1C[C@H]2CCN(C(=O)c3ccn[nH]3)CC[C@H]2S1(=O)=O. The first kappa shape index (κ1) is 13.6. The molecule has 1 aromatic heterocycles. The van der Waals surface area contributed by atoms with Crippen molar-refractivity contribution >= 4 is 15.9 Å². The summed E-state index contributed by atoms with van der Waals surface area (Å²) in [5.41, 5.74) is 0.456. The van der Waals surface area contributed by atoms with Crippen LogP contribution in [0.5, 0.6) is 0 Å². The van der Waals surface area contributed by atoms with Gasteiger partial charge in [-0.05, 0) is 24.8 Å². The maximum absolute atomic E-state index is 12.3. The van der Waals surface area contributed by atoms with Gasteiger partial charge in [0.2, 0.25) is 10.0 Å². The number of hydrogen-bond donors (Lipinski definition) is 1. The Morgan fingerprint density at radius 1 is 1.40 bits per heavy atom. The molecule has 0 spiro atoms. The van der Waals surface area contributed by atoms with E-state index < -0.39 is 10.0 Å². The van der Waals surface area contributed by atoms with Crippen molar-refractivity contribution in [3.05, 3.63) is 18.0 Å². The number of aromatic nitrogens is 2. The fraction of sp³-hybridized carbons (Fsp3) is 0.667. The van der Waals surface area contributed by atoms with Gasteiger partial charge in [-0.25, -0.2) is 12.7 Å². The van der Waals surface area contributed by atoms with E-state index in [1.54, 1.807) is 24.2 Å². The summed E-state index contributed by atoms with van der Waals surface area (Å²) in [6.07, 6.45) is 2.78. The predicted octanol–water partition coefficient (Wildman–Crippen LogP) is -0.0943. The standard InChI is InChI=1S/C12H18N4O3S/c1-15-8-9-3-6-16(7-4-11(9)20(15,18)19)12(17)10-2-5-13-14-10/h2,5,9,11H,3-4,6-8H2,1H3,(H,13,14)/t9-,11-/m1/s1. The van der Waals surface area contributed by atoms with Crippen LogP contribution in [0.4, 0.5) is 0 Å². The molecule has 1 aromatic rings. The third-order valence-corrected chi connectivity index (χ3v) is 6.71. The summed E-state index contributed by atoms with van der Waals surface area (Å²) in [7, 11) is -1.54. The zero-order valence-electron chi connectivity index (χ0n) is 11.3. The highest BCUT2D eigenvalue weighted by Crippen LogP contribution is 2.33. The lowest BCUT2D eigenvalue weighted by molar-refractivity contribution is 0.0753. The van der Waals surface area contributed by atoms with Crippen LogP contribution in [0.25, 0.3) is 0 Å². The Morgan fingerprint density at radius 2 is 2.15 bits per heavy atom. The topological polar surface area (TPSA) is 86.4 Å². The first-order valence-electron chi connectivity index (χ1n) is 6.74. The van der Waals surface area contributed by atoms with Crippen molar-refractivity contribution in [2.24, 2.45) is 5.92 Å². The molecule has 0 aliphatic carbocycles. The number of nitrogens with one attached hydrogen (secondary N) is 1. The number of carbonyl (C=O) groups excluding carboxylic acids is 1. The average Bonchev–Trinajstić information content (AvgIpc) is 2.93. The van der Waals surface area contributed by atoms with Crippen molar-refractivity contribution in [3.63, 3.8) is 0 Å². The number of amides is 1. The van der Waals surface area contributed by atoms with Crippen molar-refractivity contribution in [1.82, 2.24) is 19.4 Å². The summed E-state index contributed by atoms with van der Waals surface area (Å²) in [5, 5.41) is 6.10. The lowest BCUT2D eigenvalue weighted by atomic mass is 10.0. The van der Waals surface area contributed by atoms with Crippen LogP contribution in [-0.4, -0.2) is 65.7 Å². The number of sulfonamides is 1. The number of carbonyl (C=O) groups is 1. The van der Waals surface area contributed by atoms with Gasteiger partial charge in [0.15, 0.2) is 0 Å². The van der Waals surface area contributed by atoms with E-state index in [0.29, 0.717) is 31.7 Å². The van der Waals surface area contributed by atoms with E-state index in [9.17, 15) is 13.2 Å². The fourth-order valence-corrected chi connectivity index (χ4v) is 5.13. The van der Waals surface area contributed by atoms with Gasteiger partial charge in [0.1, 0.15) is 5.69 Å². The first-order chi connectivity index (χ1) is 9.50. The van der Waals surface area contributed by atoms with Crippen LogP contribution in [0.1, 0.15) is 23.3 Å². The monoisotopic (exact) mass is 298 g/mol. The molecule has 0 aromatic carbocycles. The van der Waals surface area contributed by atoms with Crippen molar-refractivity contribution in [2.75, 3.05) is 26.7 Å². The molecule has 8 heteroatoms. The molecule has 0 unspecified atom stereocenters.